The zero-order valence-corrected chi connectivity index (χ0v) is 28.8. The van der Waals surface area contributed by atoms with Crippen LogP contribution in [0, 0.1) is 5.92 Å². The average molecular weight is 669 g/mol. The lowest BCUT2D eigenvalue weighted by Crippen LogP contribution is -2.48. The van der Waals surface area contributed by atoms with Crippen LogP contribution in [0.25, 0.3) is 0 Å². The molecule has 2 fully saturated rings. The van der Waals surface area contributed by atoms with E-state index in [1.54, 1.807) is 14.7 Å². The Bertz CT molecular complexity index is 1740. The van der Waals surface area contributed by atoms with Crippen LogP contribution in [-0.2, 0) is 44.2 Å². The van der Waals surface area contributed by atoms with E-state index in [0.29, 0.717) is 32.6 Å². The predicted octanol–water partition coefficient (Wildman–Crippen LogP) is 3.30. The fourth-order valence-electron chi connectivity index (χ4n) is 8.61. The van der Waals surface area contributed by atoms with Gasteiger partial charge in [0.1, 0.15) is 0 Å². The largest absolute Gasteiger partial charge is 0.432 e. The number of carbonyl (C=O) groups is 3. The Balaban J connectivity index is 1.19. The molecule has 1 spiro atoms. The van der Waals surface area contributed by atoms with Gasteiger partial charge in [0.05, 0.1) is 44.0 Å². The van der Waals surface area contributed by atoms with Crippen molar-refractivity contribution in [1.82, 2.24) is 10.2 Å². The van der Waals surface area contributed by atoms with Crippen LogP contribution in [0.3, 0.4) is 0 Å². The van der Waals surface area contributed by atoms with Gasteiger partial charge in [-0.1, -0.05) is 61.5 Å². The number of aliphatic hydroxyl groups is 1. The smallest absolute Gasteiger partial charge is 0.264 e. The maximum Gasteiger partial charge on any atom is 0.264 e. The molecule has 10 nitrogen and oxygen atoms in total. The minimum atomic E-state index is -2.98. The van der Waals surface area contributed by atoms with Gasteiger partial charge in [0.25, 0.3) is 5.91 Å². The number of hydrogen-bond acceptors (Lipinski definition) is 7. The molecule has 7 rings (SSSR count). The SMILES string of the molecule is C[C@@H]1[C@@H]([Si](C)(C)O)[C@H](CC(=O)N2Cc3ccccc3C[C@H]2CO)O[C@@]12C(=O)N(Cc1cccc(N3CCNCC3=O)c1)c1ccccc12. The van der Waals surface area contributed by atoms with Gasteiger partial charge in [0, 0.05) is 42.3 Å². The summed E-state index contributed by atoms with van der Waals surface area (Å²) >= 11 is 0. The number of nitrogens with zero attached hydrogens (tertiary/aromatic N) is 3. The summed E-state index contributed by atoms with van der Waals surface area (Å²) in [6, 6.07) is 23.0. The first-order chi connectivity index (χ1) is 23.0. The lowest BCUT2D eigenvalue weighted by atomic mass is 9.82. The van der Waals surface area contributed by atoms with E-state index in [2.05, 4.69) is 5.32 Å². The molecule has 4 heterocycles. The highest BCUT2D eigenvalue weighted by molar-refractivity contribution is 6.71. The van der Waals surface area contributed by atoms with Crippen LogP contribution in [0.1, 0.15) is 35.6 Å². The second kappa shape index (κ2) is 12.5. The number of benzene rings is 3. The number of para-hydroxylation sites is 1. The fourth-order valence-corrected chi connectivity index (χ4v) is 11.2. The zero-order chi connectivity index (χ0) is 33.8. The molecule has 3 aromatic rings. The molecule has 0 unspecified atom stereocenters. The summed E-state index contributed by atoms with van der Waals surface area (Å²) in [4.78, 5) is 58.4. The summed E-state index contributed by atoms with van der Waals surface area (Å²) in [5.74, 6) is -0.759. The zero-order valence-electron chi connectivity index (χ0n) is 27.8. The third-order valence-electron chi connectivity index (χ3n) is 10.8. The summed E-state index contributed by atoms with van der Waals surface area (Å²) < 4.78 is 6.91. The number of hydrogen-bond donors (Lipinski definition) is 3. The molecule has 2 saturated heterocycles. The molecule has 0 saturated carbocycles. The van der Waals surface area contributed by atoms with E-state index in [1.165, 1.54) is 0 Å². The van der Waals surface area contributed by atoms with E-state index in [9.17, 15) is 24.3 Å². The Kier molecular flexibility index (Phi) is 8.53. The van der Waals surface area contributed by atoms with Gasteiger partial charge in [0.15, 0.2) is 13.9 Å². The van der Waals surface area contributed by atoms with Crippen LogP contribution in [0.15, 0.2) is 72.8 Å². The number of rotatable bonds is 7. The number of amides is 3. The molecule has 48 heavy (non-hydrogen) atoms. The Morgan fingerprint density at radius 3 is 2.54 bits per heavy atom. The van der Waals surface area contributed by atoms with Crippen LogP contribution >= 0.6 is 0 Å². The molecule has 0 bridgehead atoms. The third-order valence-corrected chi connectivity index (χ3v) is 13.3. The first-order valence-corrected chi connectivity index (χ1v) is 19.9. The number of anilines is 2. The van der Waals surface area contributed by atoms with Crippen LogP contribution < -0.4 is 15.1 Å². The molecule has 4 aliphatic heterocycles. The minimum absolute atomic E-state index is 0.00261. The molecule has 5 atom stereocenters. The van der Waals surface area contributed by atoms with E-state index in [4.69, 9.17) is 4.74 Å². The summed E-state index contributed by atoms with van der Waals surface area (Å²) in [7, 11) is -2.98. The summed E-state index contributed by atoms with van der Waals surface area (Å²) in [6.07, 6.45) is -0.115. The van der Waals surface area contributed by atoms with E-state index in [1.807, 2.05) is 92.8 Å². The van der Waals surface area contributed by atoms with Crippen LogP contribution in [0.5, 0.6) is 0 Å². The molecule has 0 aromatic heterocycles. The van der Waals surface area contributed by atoms with Crippen molar-refractivity contribution in [3.63, 3.8) is 0 Å². The molecular weight excluding hydrogens is 625 g/mol. The Morgan fingerprint density at radius 2 is 1.79 bits per heavy atom. The molecule has 0 aliphatic carbocycles. The molecule has 0 radical (unpaired) electrons. The number of piperazine rings is 1. The Morgan fingerprint density at radius 1 is 1.04 bits per heavy atom. The van der Waals surface area contributed by atoms with Crippen LogP contribution in [0.2, 0.25) is 18.6 Å². The Labute approximate surface area is 282 Å². The normalized spacial score (nSPS) is 27.1. The number of ether oxygens (including phenoxy) is 1. The van der Waals surface area contributed by atoms with Gasteiger partial charge >= 0.3 is 0 Å². The van der Waals surface area contributed by atoms with Crippen molar-refractivity contribution >= 4 is 37.4 Å². The van der Waals surface area contributed by atoms with Gasteiger partial charge in [-0.3, -0.25) is 14.4 Å². The number of aliphatic hydroxyl groups excluding tert-OH is 1. The molecule has 3 aromatic carbocycles. The molecule has 4 aliphatic rings. The number of nitrogens with one attached hydrogen (secondary N) is 1. The van der Waals surface area contributed by atoms with Crippen molar-refractivity contribution in [2.24, 2.45) is 5.92 Å². The van der Waals surface area contributed by atoms with Gasteiger partial charge in [-0.15, -0.1) is 0 Å². The molecule has 3 amide bonds. The molecule has 11 heteroatoms. The van der Waals surface area contributed by atoms with Gasteiger partial charge in [-0.05, 0) is 54.4 Å². The maximum atomic E-state index is 14.8. The van der Waals surface area contributed by atoms with E-state index in [-0.39, 0.29) is 43.3 Å². The van der Waals surface area contributed by atoms with Gasteiger partial charge in [-0.25, -0.2) is 0 Å². The molecule has 3 N–H and O–H groups in total. The van der Waals surface area contributed by atoms with Crippen molar-refractivity contribution in [1.29, 1.82) is 0 Å². The van der Waals surface area contributed by atoms with Crippen molar-refractivity contribution in [3.8, 4) is 0 Å². The monoisotopic (exact) mass is 668 g/mol. The van der Waals surface area contributed by atoms with E-state index < -0.39 is 31.5 Å². The van der Waals surface area contributed by atoms with Gasteiger partial charge < -0.3 is 34.7 Å². The quantitative estimate of drug-likeness (QED) is 0.331. The first kappa shape index (κ1) is 32.7. The highest BCUT2D eigenvalue weighted by Gasteiger charge is 2.66. The van der Waals surface area contributed by atoms with Gasteiger partial charge in [0.2, 0.25) is 11.8 Å². The van der Waals surface area contributed by atoms with Crippen molar-refractivity contribution in [2.75, 3.05) is 36.0 Å². The first-order valence-electron chi connectivity index (χ1n) is 16.9. The minimum Gasteiger partial charge on any atom is -0.432 e. The summed E-state index contributed by atoms with van der Waals surface area (Å²) in [5, 5.41) is 13.4. The summed E-state index contributed by atoms with van der Waals surface area (Å²) in [5.41, 5.74) is 3.59. The fraction of sp³-hybridized carbons (Fsp3) is 0.432. The Hall–Kier alpha value is -3.87. The van der Waals surface area contributed by atoms with Crippen molar-refractivity contribution < 1.29 is 29.0 Å². The summed E-state index contributed by atoms with van der Waals surface area (Å²) in [6.45, 7) is 7.79. The van der Waals surface area contributed by atoms with Crippen molar-refractivity contribution in [2.45, 2.75) is 69.2 Å². The highest BCUT2D eigenvalue weighted by atomic mass is 28.4. The average Bonchev–Trinajstić information content (AvgIpc) is 3.50. The topological polar surface area (TPSA) is 123 Å². The number of carbonyl (C=O) groups excluding carboxylic acids is 3. The highest BCUT2D eigenvalue weighted by Crippen LogP contribution is 2.59. The second-order valence-corrected chi connectivity index (χ2v) is 18.2. The number of fused-ring (bicyclic) bond motifs is 3. The lowest BCUT2D eigenvalue weighted by molar-refractivity contribution is -0.151. The third kappa shape index (κ3) is 5.47. The molecular formula is C37H44N4O6Si. The standard InChI is InChI=1S/C37H44N4O6Si/c1-24-35(48(2,3)46)32(19-33(43)40-22-27-11-5-4-10-26(27)18-29(40)23-42)47-37(24)30-13-6-7-14-31(30)41(36(37)45)21-25-9-8-12-28(17-25)39-16-15-38-20-34(39)44/h4-14,17,24,29,32,35,38,42,46H,15-16,18-23H2,1-3H3/t24-,29+,32+,35-,37+/m1/s1. The second-order valence-electron chi connectivity index (χ2n) is 14.2. The predicted molar refractivity (Wildman–Crippen MR) is 185 cm³/mol. The van der Waals surface area contributed by atoms with Crippen LogP contribution in [-0.4, -0.2) is 79.2 Å². The van der Waals surface area contributed by atoms with E-state index >= 15 is 0 Å². The van der Waals surface area contributed by atoms with Gasteiger partial charge in [-0.2, -0.15) is 0 Å². The van der Waals surface area contributed by atoms with Crippen LogP contribution in [0.4, 0.5) is 11.4 Å². The molecule has 252 valence electrons. The lowest BCUT2D eigenvalue weighted by Gasteiger charge is -2.37. The maximum absolute atomic E-state index is 14.8. The van der Waals surface area contributed by atoms with Crippen molar-refractivity contribution in [3.05, 3.63) is 95.1 Å². The van der Waals surface area contributed by atoms with E-state index in [0.717, 1.165) is 33.6 Å².